The van der Waals surface area contributed by atoms with Crippen LogP contribution in [0.2, 0.25) is 0 Å². The summed E-state index contributed by atoms with van der Waals surface area (Å²) in [6.07, 6.45) is 0. The second kappa shape index (κ2) is 8.29. The zero-order valence-electron chi connectivity index (χ0n) is 17.6. The number of Topliss-reactive ketones (excluding diaryl/α,β-unsaturated/α-hetero) is 1. The number of aryl methyl sites for hydroxylation is 2. The Bertz CT molecular complexity index is 1280. The lowest BCUT2D eigenvalue weighted by atomic mass is 9.94. The van der Waals surface area contributed by atoms with Crippen LogP contribution in [0.15, 0.2) is 59.9 Å². The average molecular weight is 446 g/mol. The Labute approximate surface area is 188 Å². The number of thiazole rings is 1. The van der Waals surface area contributed by atoms with E-state index < -0.39 is 23.5 Å². The van der Waals surface area contributed by atoms with Gasteiger partial charge in [-0.1, -0.05) is 12.1 Å². The summed E-state index contributed by atoms with van der Waals surface area (Å²) in [5.41, 5.74) is 2.08. The number of nitrogens with zero attached hydrogens (tertiary/aromatic N) is 3. The predicted molar refractivity (Wildman–Crippen MR) is 120 cm³/mol. The van der Waals surface area contributed by atoms with Crippen molar-refractivity contribution in [1.82, 2.24) is 4.98 Å². The Hall–Kier alpha value is -3.96. The summed E-state index contributed by atoms with van der Waals surface area (Å²) in [5, 5.41) is 20.6. The van der Waals surface area contributed by atoms with Crippen molar-refractivity contribution in [3.8, 4) is 11.8 Å². The van der Waals surface area contributed by atoms with Crippen LogP contribution in [0.5, 0.6) is 5.75 Å². The number of aliphatic hydroxyl groups is 1. The van der Waals surface area contributed by atoms with Crippen molar-refractivity contribution in [2.75, 3.05) is 12.0 Å². The molecule has 1 aromatic heterocycles. The Balaban J connectivity index is 1.87. The molecule has 1 N–H and O–H groups in total. The van der Waals surface area contributed by atoms with E-state index >= 15 is 0 Å². The maximum atomic E-state index is 13.5. The minimum absolute atomic E-state index is 0.00345. The topological polar surface area (TPSA) is 104 Å². The first-order chi connectivity index (χ1) is 15.3. The van der Waals surface area contributed by atoms with E-state index in [9.17, 15) is 14.7 Å². The van der Waals surface area contributed by atoms with Gasteiger partial charge in [0.15, 0.2) is 5.76 Å². The van der Waals surface area contributed by atoms with Crippen LogP contribution < -0.4 is 9.64 Å². The second-order valence-corrected chi connectivity index (χ2v) is 8.45. The lowest BCUT2D eigenvalue weighted by molar-refractivity contribution is -0.117. The van der Waals surface area contributed by atoms with Crippen LogP contribution in [0.4, 0.5) is 5.69 Å². The van der Waals surface area contributed by atoms with Gasteiger partial charge in [-0.3, -0.25) is 14.5 Å². The smallest absolute Gasteiger partial charge is 0.294 e. The third-order valence-electron chi connectivity index (χ3n) is 5.27. The average Bonchev–Trinajstić information content (AvgIpc) is 3.28. The number of ketones is 1. The molecule has 1 unspecified atom stereocenters. The van der Waals surface area contributed by atoms with Crippen LogP contribution in [0.25, 0.3) is 0 Å². The molecule has 2 aromatic carbocycles. The number of ether oxygens (including phenoxy) is 1. The van der Waals surface area contributed by atoms with Crippen LogP contribution in [0, 0.1) is 25.2 Å². The van der Waals surface area contributed by atoms with Crippen LogP contribution in [-0.4, -0.2) is 28.9 Å². The number of rotatable bonds is 5. The molecule has 1 amide bonds. The molecule has 1 aliphatic heterocycles. The number of benzene rings is 2. The molecule has 1 aliphatic rings. The molecule has 7 nitrogen and oxygen atoms in total. The fourth-order valence-corrected chi connectivity index (χ4v) is 4.64. The molecule has 8 heteroatoms. The molecular formula is C24H19N3O4S. The molecule has 160 valence electrons. The molecule has 3 aromatic rings. The molecule has 0 aliphatic carbocycles. The van der Waals surface area contributed by atoms with Crippen molar-refractivity contribution in [2.45, 2.75) is 19.9 Å². The molecule has 0 radical (unpaired) electrons. The van der Waals surface area contributed by atoms with E-state index in [1.165, 1.54) is 16.2 Å². The van der Waals surface area contributed by atoms with Crippen LogP contribution >= 0.6 is 11.3 Å². The number of hydrogen-bond donors (Lipinski definition) is 1. The van der Waals surface area contributed by atoms with E-state index in [4.69, 9.17) is 10.00 Å². The number of anilines is 1. The minimum atomic E-state index is -0.851. The monoisotopic (exact) mass is 445 g/mol. The molecule has 4 rings (SSSR count). The van der Waals surface area contributed by atoms with Crippen molar-refractivity contribution in [3.05, 3.63) is 86.6 Å². The number of carbonyl (C=O) groups excluding carboxylic acids is 2. The molecule has 0 bridgehead atoms. The van der Waals surface area contributed by atoms with Gasteiger partial charge in [-0.2, -0.15) is 5.26 Å². The Morgan fingerprint density at radius 2 is 1.81 bits per heavy atom. The van der Waals surface area contributed by atoms with Gasteiger partial charge >= 0.3 is 0 Å². The highest BCUT2D eigenvalue weighted by molar-refractivity contribution is 7.14. The van der Waals surface area contributed by atoms with Crippen LogP contribution in [0.3, 0.4) is 0 Å². The fourth-order valence-electron chi connectivity index (χ4n) is 3.77. The molecule has 0 saturated heterocycles. The first kappa shape index (κ1) is 21.3. The van der Waals surface area contributed by atoms with Gasteiger partial charge in [0.1, 0.15) is 5.75 Å². The summed E-state index contributed by atoms with van der Waals surface area (Å²) in [4.78, 5) is 32.8. The van der Waals surface area contributed by atoms with Crippen molar-refractivity contribution >= 4 is 28.7 Å². The fraction of sp³-hybridized carbons (Fsp3) is 0.167. The summed E-state index contributed by atoms with van der Waals surface area (Å²) >= 11 is 1.23. The van der Waals surface area contributed by atoms with Gasteiger partial charge in [0.25, 0.3) is 5.91 Å². The Morgan fingerprint density at radius 3 is 2.34 bits per heavy atom. The largest absolute Gasteiger partial charge is 0.503 e. The van der Waals surface area contributed by atoms with Gasteiger partial charge in [-0.25, -0.2) is 4.98 Å². The predicted octanol–water partition coefficient (Wildman–Crippen LogP) is 4.42. The van der Waals surface area contributed by atoms with Gasteiger partial charge in [0.05, 0.1) is 45.9 Å². The second-order valence-electron chi connectivity index (χ2n) is 7.25. The van der Waals surface area contributed by atoms with Gasteiger partial charge in [0.2, 0.25) is 5.78 Å². The standard InChI is InChI=1S/C24H19N3O4S/c1-13-23(32-14(2)26-13)21(28)19-20(16-6-10-18(31-3)11-7-16)27(24(30)22(19)29)17-8-4-15(12-25)5-9-17/h4-11,20,29H,1-3H3. The van der Waals surface area contributed by atoms with Crippen molar-refractivity contribution < 1.29 is 19.4 Å². The van der Waals surface area contributed by atoms with Gasteiger partial charge in [-0.05, 0) is 55.8 Å². The number of hydrogen-bond acceptors (Lipinski definition) is 7. The summed E-state index contributed by atoms with van der Waals surface area (Å²) in [5.74, 6) is -1.09. The molecule has 32 heavy (non-hydrogen) atoms. The number of aromatic nitrogens is 1. The van der Waals surface area contributed by atoms with Gasteiger partial charge in [0, 0.05) is 5.69 Å². The summed E-state index contributed by atoms with van der Waals surface area (Å²) in [6, 6.07) is 14.6. The van der Waals surface area contributed by atoms with E-state index in [2.05, 4.69) is 4.98 Å². The third kappa shape index (κ3) is 3.53. The number of nitriles is 1. The third-order valence-corrected chi connectivity index (χ3v) is 6.34. The molecule has 0 fully saturated rings. The van der Waals surface area contributed by atoms with Gasteiger partial charge < -0.3 is 9.84 Å². The lowest BCUT2D eigenvalue weighted by Crippen LogP contribution is -2.31. The summed E-state index contributed by atoms with van der Waals surface area (Å²) < 4.78 is 5.23. The van der Waals surface area contributed by atoms with Crippen molar-refractivity contribution in [2.24, 2.45) is 0 Å². The maximum Gasteiger partial charge on any atom is 0.294 e. The zero-order chi connectivity index (χ0) is 23.0. The molecule has 0 spiro atoms. The minimum Gasteiger partial charge on any atom is -0.503 e. The highest BCUT2D eigenvalue weighted by Crippen LogP contribution is 2.43. The molecule has 0 saturated carbocycles. The molecule has 2 heterocycles. The van der Waals surface area contributed by atoms with E-state index in [0.717, 1.165) is 5.01 Å². The van der Waals surface area contributed by atoms with E-state index in [1.54, 1.807) is 69.5 Å². The molecule has 1 atom stereocenters. The lowest BCUT2D eigenvalue weighted by Gasteiger charge is -2.27. The van der Waals surface area contributed by atoms with Crippen molar-refractivity contribution in [1.29, 1.82) is 5.26 Å². The van der Waals surface area contributed by atoms with E-state index in [0.29, 0.717) is 33.1 Å². The number of methoxy groups -OCH3 is 1. The first-order valence-corrected chi connectivity index (χ1v) is 10.6. The van der Waals surface area contributed by atoms with E-state index in [-0.39, 0.29) is 5.57 Å². The Kier molecular flexibility index (Phi) is 5.51. The number of aliphatic hydroxyl groups excluding tert-OH is 1. The summed E-state index contributed by atoms with van der Waals surface area (Å²) in [7, 11) is 1.55. The van der Waals surface area contributed by atoms with Crippen LogP contribution in [0.1, 0.15) is 37.5 Å². The van der Waals surface area contributed by atoms with Crippen LogP contribution in [-0.2, 0) is 4.79 Å². The SMILES string of the molecule is COc1ccc(C2C(C(=O)c3sc(C)nc3C)=C(O)C(=O)N2c2ccc(C#N)cc2)cc1. The highest BCUT2D eigenvalue weighted by atomic mass is 32.1. The normalized spacial score (nSPS) is 15.8. The van der Waals surface area contributed by atoms with Gasteiger partial charge in [-0.15, -0.1) is 11.3 Å². The first-order valence-electron chi connectivity index (χ1n) is 9.75. The quantitative estimate of drug-likeness (QED) is 0.583. The van der Waals surface area contributed by atoms with Crippen molar-refractivity contribution in [3.63, 3.8) is 0 Å². The number of carbonyl (C=O) groups is 2. The highest BCUT2D eigenvalue weighted by Gasteiger charge is 2.45. The van der Waals surface area contributed by atoms with E-state index in [1.807, 2.05) is 6.07 Å². The maximum absolute atomic E-state index is 13.5. The Morgan fingerprint density at radius 1 is 1.16 bits per heavy atom. The number of amides is 1. The zero-order valence-corrected chi connectivity index (χ0v) is 18.4. The summed E-state index contributed by atoms with van der Waals surface area (Å²) in [6.45, 7) is 3.53. The molecular weight excluding hydrogens is 426 g/mol.